The summed E-state index contributed by atoms with van der Waals surface area (Å²) >= 11 is 0. The van der Waals surface area contributed by atoms with Crippen molar-refractivity contribution in [3.05, 3.63) is 59.5 Å². The molecule has 1 heterocycles. The Hall–Kier alpha value is -1.58. The highest BCUT2D eigenvalue weighted by Crippen LogP contribution is 2.12. The van der Waals surface area contributed by atoms with Crippen molar-refractivity contribution in [3.8, 4) is 0 Å². The molecule has 1 aromatic carbocycles. The Bertz CT molecular complexity index is 489. The fraction of sp³-hybridized carbons (Fsp3) is 0.412. The summed E-state index contributed by atoms with van der Waals surface area (Å²) in [5, 5.41) is 3.44. The van der Waals surface area contributed by atoms with E-state index in [1.165, 1.54) is 11.1 Å². The third-order valence-electron chi connectivity index (χ3n) is 3.60. The molecular weight excluding hydrogens is 248 g/mol. The van der Waals surface area contributed by atoms with Gasteiger partial charge in [-0.3, -0.25) is 4.90 Å². The van der Waals surface area contributed by atoms with Gasteiger partial charge in [-0.25, -0.2) is 0 Å². The maximum absolute atomic E-state index is 5.33. The van der Waals surface area contributed by atoms with Crippen LogP contribution in [0, 0.1) is 0 Å². The maximum Gasteiger partial charge on any atom is 0.117 e. The van der Waals surface area contributed by atoms with E-state index < -0.39 is 0 Å². The molecule has 0 bridgehead atoms. The van der Waals surface area contributed by atoms with Gasteiger partial charge in [-0.05, 0) is 36.3 Å². The molecule has 1 aromatic heterocycles. The normalized spacial score (nSPS) is 11.2. The van der Waals surface area contributed by atoms with Crippen LogP contribution in [0.3, 0.4) is 0 Å². The molecule has 2 aromatic rings. The van der Waals surface area contributed by atoms with Crippen molar-refractivity contribution in [1.82, 2.24) is 10.2 Å². The summed E-state index contributed by atoms with van der Waals surface area (Å²) in [6.07, 6.45) is 1.71. The molecule has 0 atom stereocenters. The lowest BCUT2D eigenvalue weighted by Crippen LogP contribution is -2.23. The zero-order valence-electron chi connectivity index (χ0n) is 12.4. The third kappa shape index (κ3) is 4.22. The average Bonchev–Trinajstić information content (AvgIpc) is 2.99. The minimum absolute atomic E-state index is 0.770. The molecule has 0 radical (unpaired) electrons. The Morgan fingerprint density at radius 3 is 2.35 bits per heavy atom. The number of benzene rings is 1. The number of rotatable bonds is 8. The van der Waals surface area contributed by atoms with Crippen molar-refractivity contribution < 1.29 is 4.42 Å². The van der Waals surface area contributed by atoms with Crippen molar-refractivity contribution in [2.45, 2.75) is 33.5 Å². The minimum atomic E-state index is 0.770. The van der Waals surface area contributed by atoms with E-state index in [1.54, 1.807) is 6.26 Å². The maximum atomic E-state index is 5.33. The van der Waals surface area contributed by atoms with Crippen LogP contribution in [0.5, 0.6) is 0 Å². The zero-order chi connectivity index (χ0) is 14.2. The lowest BCUT2D eigenvalue weighted by Gasteiger charge is -2.20. The quantitative estimate of drug-likeness (QED) is 0.798. The summed E-state index contributed by atoms with van der Waals surface area (Å²) in [6, 6.07) is 12.6. The number of hydrogen-bond acceptors (Lipinski definition) is 3. The van der Waals surface area contributed by atoms with Gasteiger partial charge in [0.25, 0.3) is 0 Å². The molecule has 0 aliphatic heterocycles. The van der Waals surface area contributed by atoms with E-state index in [0.717, 1.165) is 38.5 Å². The van der Waals surface area contributed by atoms with Crippen LogP contribution in [0.25, 0.3) is 0 Å². The Labute approximate surface area is 121 Å². The number of furan rings is 1. The van der Waals surface area contributed by atoms with Crippen molar-refractivity contribution in [1.29, 1.82) is 0 Å². The predicted octanol–water partition coefficient (Wildman–Crippen LogP) is 3.41. The molecule has 20 heavy (non-hydrogen) atoms. The highest BCUT2D eigenvalue weighted by atomic mass is 16.3. The van der Waals surface area contributed by atoms with Gasteiger partial charge in [0, 0.05) is 13.1 Å². The van der Waals surface area contributed by atoms with Gasteiger partial charge in [0.15, 0.2) is 0 Å². The fourth-order valence-corrected chi connectivity index (χ4v) is 2.31. The fourth-order valence-electron chi connectivity index (χ4n) is 2.31. The summed E-state index contributed by atoms with van der Waals surface area (Å²) < 4.78 is 5.33. The molecule has 0 saturated carbocycles. The van der Waals surface area contributed by atoms with Crippen LogP contribution in [0.4, 0.5) is 0 Å². The van der Waals surface area contributed by atoms with E-state index in [2.05, 4.69) is 48.3 Å². The van der Waals surface area contributed by atoms with E-state index in [0.29, 0.717) is 0 Å². The third-order valence-corrected chi connectivity index (χ3v) is 3.60. The smallest absolute Gasteiger partial charge is 0.117 e. The molecule has 2 rings (SSSR count). The minimum Gasteiger partial charge on any atom is -0.468 e. The van der Waals surface area contributed by atoms with Gasteiger partial charge >= 0.3 is 0 Å². The first kappa shape index (κ1) is 14.8. The van der Waals surface area contributed by atoms with Crippen LogP contribution in [-0.4, -0.2) is 18.0 Å². The Morgan fingerprint density at radius 2 is 1.70 bits per heavy atom. The van der Waals surface area contributed by atoms with E-state index in [9.17, 15) is 0 Å². The lowest BCUT2D eigenvalue weighted by atomic mass is 10.1. The van der Waals surface area contributed by atoms with E-state index in [-0.39, 0.29) is 0 Å². The monoisotopic (exact) mass is 272 g/mol. The average molecular weight is 272 g/mol. The van der Waals surface area contributed by atoms with Gasteiger partial charge in [-0.2, -0.15) is 0 Å². The summed E-state index contributed by atoms with van der Waals surface area (Å²) in [5.41, 5.74) is 2.77. The molecule has 3 heteroatoms. The molecule has 1 N–H and O–H groups in total. The molecule has 0 amide bonds. The molecule has 0 aliphatic rings. The molecule has 0 saturated heterocycles. The summed E-state index contributed by atoms with van der Waals surface area (Å²) in [5.74, 6) is 0.978. The van der Waals surface area contributed by atoms with E-state index in [1.807, 2.05) is 12.1 Å². The molecule has 0 unspecified atom stereocenters. The van der Waals surface area contributed by atoms with E-state index >= 15 is 0 Å². The Balaban J connectivity index is 1.93. The first-order valence-electron chi connectivity index (χ1n) is 7.35. The zero-order valence-corrected chi connectivity index (χ0v) is 12.4. The Morgan fingerprint density at radius 1 is 0.950 bits per heavy atom. The van der Waals surface area contributed by atoms with Gasteiger partial charge < -0.3 is 9.73 Å². The first-order valence-corrected chi connectivity index (χ1v) is 7.35. The number of nitrogens with zero attached hydrogens (tertiary/aromatic N) is 1. The summed E-state index contributed by atoms with van der Waals surface area (Å²) in [7, 11) is 0. The second-order valence-electron chi connectivity index (χ2n) is 4.91. The SMILES string of the molecule is CCN(CC)Cc1ccccc1CNCc1ccco1. The highest BCUT2D eigenvalue weighted by molar-refractivity contribution is 5.27. The summed E-state index contributed by atoms with van der Waals surface area (Å²) in [6.45, 7) is 9.26. The van der Waals surface area contributed by atoms with Gasteiger partial charge in [0.05, 0.1) is 12.8 Å². The van der Waals surface area contributed by atoms with Crippen LogP contribution in [0.2, 0.25) is 0 Å². The molecule has 0 fully saturated rings. The van der Waals surface area contributed by atoms with Gasteiger partial charge in [-0.1, -0.05) is 38.1 Å². The number of nitrogens with one attached hydrogen (secondary N) is 1. The number of hydrogen-bond donors (Lipinski definition) is 1. The predicted molar refractivity (Wildman–Crippen MR) is 82.3 cm³/mol. The largest absolute Gasteiger partial charge is 0.468 e. The highest BCUT2D eigenvalue weighted by Gasteiger charge is 2.06. The van der Waals surface area contributed by atoms with Gasteiger partial charge in [-0.15, -0.1) is 0 Å². The van der Waals surface area contributed by atoms with Crippen LogP contribution in [0.1, 0.15) is 30.7 Å². The van der Waals surface area contributed by atoms with E-state index in [4.69, 9.17) is 4.42 Å². The molecule has 108 valence electrons. The molecule has 0 spiro atoms. The molecule has 0 aliphatic carbocycles. The van der Waals surface area contributed by atoms with Crippen molar-refractivity contribution in [3.63, 3.8) is 0 Å². The van der Waals surface area contributed by atoms with Gasteiger partial charge in [0.1, 0.15) is 5.76 Å². The van der Waals surface area contributed by atoms with Crippen molar-refractivity contribution >= 4 is 0 Å². The second-order valence-corrected chi connectivity index (χ2v) is 4.91. The van der Waals surface area contributed by atoms with Gasteiger partial charge in [0.2, 0.25) is 0 Å². The van der Waals surface area contributed by atoms with Crippen LogP contribution in [0.15, 0.2) is 47.1 Å². The molecule has 3 nitrogen and oxygen atoms in total. The van der Waals surface area contributed by atoms with Crippen LogP contribution in [-0.2, 0) is 19.6 Å². The van der Waals surface area contributed by atoms with Crippen molar-refractivity contribution in [2.75, 3.05) is 13.1 Å². The second kappa shape index (κ2) is 7.88. The van der Waals surface area contributed by atoms with Crippen LogP contribution >= 0.6 is 0 Å². The Kier molecular flexibility index (Phi) is 5.84. The summed E-state index contributed by atoms with van der Waals surface area (Å²) in [4.78, 5) is 2.44. The lowest BCUT2D eigenvalue weighted by molar-refractivity contribution is 0.294. The first-order chi connectivity index (χ1) is 9.83. The van der Waals surface area contributed by atoms with Crippen molar-refractivity contribution in [2.24, 2.45) is 0 Å². The topological polar surface area (TPSA) is 28.4 Å². The standard InChI is InChI=1S/C17H24N2O/c1-3-19(4-2)14-16-9-6-5-8-15(16)12-18-13-17-10-7-11-20-17/h5-11,18H,3-4,12-14H2,1-2H3. The molecular formula is C17H24N2O. The van der Waals surface area contributed by atoms with Crippen LogP contribution < -0.4 is 5.32 Å².